The molecule has 1 atom stereocenters. The van der Waals surface area contributed by atoms with Crippen molar-refractivity contribution in [2.24, 2.45) is 0 Å². The second kappa shape index (κ2) is 7.59. The van der Waals surface area contributed by atoms with Crippen LogP contribution in [-0.2, 0) is 10.0 Å². The molecule has 4 rings (SSSR count). The molecule has 6 nitrogen and oxygen atoms in total. The number of nitrogens with one attached hydrogen (secondary N) is 2. The molecule has 0 spiro atoms. The Kier molecular flexibility index (Phi) is 5.23. The Morgan fingerprint density at radius 1 is 1.13 bits per heavy atom. The standard InChI is InChI=1S/C20H20F3N3O3S/c1-11-6-17-18(30(28,29)26-5-3-2-4-13(26)10-24-17)9-14(11)20(27)25-12-7-15(21)19(23)16(22)8-12/h6-9,13,24H,2-5,10H2,1H3,(H,25,27). The van der Waals surface area contributed by atoms with Crippen LogP contribution in [0.5, 0.6) is 0 Å². The van der Waals surface area contributed by atoms with E-state index in [1.54, 1.807) is 13.0 Å². The summed E-state index contributed by atoms with van der Waals surface area (Å²) in [5, 5.41) is 5.46. The van der Waals surface area contributed by atoms with Gasteiger partial charge in [-0.1, -0.05) is 6.42 Å². The Morgan fingerprint density at radius 2 is 1.83 bits per heavy atom. The van der Waals surface area contributed by atoms with Crippen LogP contribution in [0.2, 0.25) is 0 Å². The van der Waals surface area contributed by atoms with Crippen LogP contribution in [-0.4, -0.2) is 37.8 Å². The lowest BCUT2D eigenvalue weighted by atomic mass is 10.0. The average Bonchev–Trinajstić information content (AvgIpc) is 2.80. The Labute approximate surface area is 172 Å². The summed E-state index contributed by atoms with van der Waals surface area (Å²) in [5.74, 6) is -5.27. The van der Waals surface area contributed by atoms with Crippen molar-refractivity contribution in [3.8, 4) is 0 Å². The fourth-order valence-electron chi connectivity index (χ4n) is 3.96. The van der Waals surface area contributed by atoms with Crippen LogP contribution in [0, 0.1) is 24.4 Å². The number of carbonyl (C=O) groups excluding carboxylic acids is 1. The maximum absolute atomic E-state index is 13.4. The summed E-state index contributed by atoms with van der Waals surface area (Å²) in [5.41, 5.74) is 0.664. The summed E-state index contributed by atoms with van der Waals surface area (Å²) in [7, 11) is -3.82. The average molecular weight is 439 g/mol. The number of hydrogen-bond acceptors (Lipinski definition) is 4. The lowest BCUT2D eigenvalue weighted by molar-refractivity contribution is 0.102. The molecule has 0 aliphatic carbocycles. The van der Waals surface area contributed by atoms with Crippen LogP contribution in [0.25, 0.3) is 0 Å². The van der Waals surface area contributed by atoms with Gasteiger partial charge in [0.15, 0.2) is 17.5 Å². The first kappa shape index (κ1) is 20.7. The van der Waals surface area contributed by atoms with Crippen molar-refractivity contribution in [3.63, 3.8) is 0 Å². The molecule has 10 heteroatoms. The molecule has 2 aliphatic heterocycles. The van der Waals surface area contributed by atoms with E-state index in [1.807, 2.05) is 0 Å². The number of aryl methyl sites for hydroxylation is 1. The molecule has 1 saturated heterocycles. The zero-order valence-electron chi connectivity index (χ0n) is 16.1. The number of halogens is 3. The summed E-state index contributed by atoms with van der Waals surface area (Å²) in [6.07, 6.45) is 2.48. The normalized spacial score (nSPS) is 20.5. The molecule has 0 bridgehead atoms. The number of benzene rings is 2. The van der Waals surface area contributed by atoms with Crippen LogP contribution in [0.4, 0.5) is 24.5 Å². The van der Waals surface area contributed by atoms with E-state index in [0.29, 0.717) is 36.5 Å². The summed E-state index contributed by atoms with van der Waals surface area (Å²) in [6, 6.07) is 4.01. The maximum Gasteiger partial charge on any atom is 0.255 e. The Bertz CT molecular complexity index is 1110. The van der Waals surface area contributed by atoms with E-state index in [0.717, 1.165) is 19.3 Å². The molecular formula is C20H20F3N3O3S. The van der Waals surface area contributed by atoms with Gasteiger partial charge in [-0.25, -0.2) is 21.6 Å². The quantitative estimate of drug-likeness (QED) is 0.701. The SMILES string of the molecule is Cc1cc2c(cc1C(=O)Nc1cc(F)c(F)c(F)c1)S(=O)(=O)N1CCCCC1CN2. The number of carbonyl (C=O) groups is 1. The first-order valence-corrected chi connectivity index (χ1v) is 11.0. The van der Waals surface area contributed by atoms with Crippen LogP contribution >= 0.6 is 0 Å². The van der Waals surface area contributed by atoms with Gasteiger partial charge >= 0.3 is 0 Å². The fraction of sp³-hybridized carbons (Fsp3) is 0.350. The van der Waals surface area contributed by atoms with E-state index < -0.39 is 33.4 Å². The van der Waals surface area contributed by atoms with Crippen molar-refractivity contribution in [1.29, 1.82) is 0 Å². The highest BCUT2D eigenvalue weighted by Crippen LogP contribution is 2.35. The molecule has 2 aromatic rings. The third-order valence-electron chi connectivity index (χ3n) is 5.50. The van der Waals surface area contributed by atoms with Gasteiger partial charge in [0.1, 0.15) is 4.90 Å². The largest absolute Gasteiger partial charge is 0.382 e. The lowest BCUT2D eigenvalue weighted by Gasteiger charge is -2.32. The summed E-state index contributed by atoms with van der Waals surface area (Å²) in [6.45, 7) is 2.52. The van der Waals surface area contributed by atoms with Gasteiger partial charge in [0.2, 0.25) is 10.0 Å². The van der Waals surface area contributed by atoms with Crippen LogP contribution in [0.3, 0.4) is 0 Å². The smallest absolute Gasteiger partial charge is 0.255 e. The Balaban J connectivity index is 1.71. The molecule has 1 fully saturated rings. The summed E-state index contributed by atoms with van der Waals surface area (Å²) >= 11 is 0. The molecule has 0 saturated carbocycles. The molecule has 2 N–H and O–H groups in total. The number of piperidine rings is 1. The minimum absolute atomic E-state index is 0.0147. The number of rotatable bonds is 2. The number of hydrogen-bond donors (Lipinski definition) is 2. The lowest BCUT2D eigenvalue weighted by Crippen LogP contribution is -2.45. The predicted octanol–water partition coefficient (Wildman–Crippen LogP) is 3.63. The molecule has 1 unspecified atom stereocenters. The highest BCUT2D eigenvalue weighted by molar-refractivity contribution is 7.89. The van der Waals surface area contributed by atoms with Crippen molar-refractivity contribution in [3.05, 3.63) is 52.8 Å². The molecule has 1 amide bonds. The first-order chi connectivity index (χ1) is 14.2. The number of anilines is 2. The van der Waals surface area contributed by atoms with Gasteiger partial charge in [0, 0.05) is 42.5 Å². The van der Waals surface area contributed by atoms with E-state index >= 15 is 0 Å². The van der Waals surface area contributed by atoms with Crippen molar-refractivity contribution >= 4 is 27.3 Å². The van der Waals surface area contributed by atoms with Crippen molar-refractivity contribution in [1.82, 2.24) is 4.31 Å². The molecule has 0 radical (unpaired) electrons. The second-order valence-corrected chi connectivity index (χ2v) is 9.38. The van der Waals surface area contributed by atoms with Crippen LogP contribution in [0.15, 0.2) is 29.2 Å². The first-order valence-electron chi connectivity index (χ1n) is 9.54. The molecule has 2 aliphatic rings. The van der Waals surface area contributed by atoms with Crippen molar-refractivity contribution < 1.29 is 26.4 Å². The van der Waals surface area contributed by atoms with Gasteiger partial charge < -0.3 is 10.6 Å². The van der Waals surface area contributed by atoms with E-state index in [2.05, 4.69) is 10.6 Å². The molecule has 2 aromatic carbocycles. The zero-order valence-corrected chi connectivity index (χ0v) is 17.0. The van der Waals surface area contributed by atoms with E-state index in [1.165, 1.54) is 10.4 Å². The Morgan fingerprint density at radius 3 is 2.53 bits per heavy atom. The second-order valence-electron chi connectivity index (χ2n) is 7.52. The molecule has 30 heavy (non-hydrogen) atoms. The minimum atomic E-state index is -3.82. The third-order valence-corrected chi connectivity index (χ3v) is 7.49. The number of nitrogens with zero attached hydrogens (tertiary/aromatic N) is 1. The van der Waals surface area contributed by atoms with E-state index in [9.17, 15) is 26.4 Å². The van der Waals surface area contributed by atoms with Crippen LogP contribution < -0.4 is 10.6 Å². The van der Waals surface area contributed by atoms with Gasteiger partial charge in [0.05, 0.1) is 5.69 Å². The molecular weight excluding hydrogens is 419 g/mol. The minimum Gasteiger partial charge on any atom is -0.382 e. The van der Waals surface area contributed by atoms with E-state index in [-0.39, 0.29) is 22.2 Å². The van der Waals surface area contributed by atoms with Crippen LogP contribution in [0.1, 0.15) is 35.2 Å². The van der Waals surface area contributed by atoms with Gasteiger partial charge in [-0.15, -0.1) is 0 Å². The van der Waals surface area contributed by atoms with Gasteiger partial charge in [0.25, 0.3) is 5.91 Å². The van der Waals surface area contributed by atoms with Gasteiger partial charge in [-0.05, 0) is 37.5 Å². The topological polar surface area (TPSA) is 78.5 Å². The summed E-state index contributed by atoms with van der Waals surface area (Å²) in [4.78, 5) is 12.7. The van der Waals surface area contributed by atoms with E-state index in [4.69, 9.17) is 0 Å². The Hall–Kier alpha value is -2.59. The van der Waals surface area contributed by atoms with Crippen molar-refractivity contribution in [2.45, 2.75) is 37.1 Å². The molecule has 0 aromatic heterocycles. The number of fused-ring (bicyclic) bond motifs is 2. The van der Waals surface area contributed by atoms with Gasteiger partial charge in [-0.3, -0.25) is 4.79 Å². The predicted molar refractivity (Wildman–Crippen MR) is 105 cm³/mol. The summed E-state index contributed by atoms with van der Waals surface area (Å²) < 4.78 is 68.0. The highest BCUT2D eigenvalue weighted by Gasteiger charge is 2.38. The molecule has 160 valence electrons. The van der Waals surface area contributed by atoms with Gasteiger partial charge in [-0.2, -0.15) is 4.31 Å². The number of sulfonamides is 1. The third kappa shape index (κ3) is 3.54. The van der Waals surface area contributed by atoms with Crippen molar-refractivity contribution in [2.75, 3.05) is 23.7 Å². The zero-order chi connectivity index (χ0) is 21.6. The molecule has 2 heterocycles. The highest BCUT2D eigenvalue weighted by atomic mass is 32.2. The monoisotopic (exact) mass is 439 g/mol. The number of amides is 1. The maximum atomic E-state index is 13.4. The fourth-order valence-corrected chi connectivity index (χ4v) is 5.83.